The van der Waals surface area contributed by atoms with Crippen molar-refractivity contribution in [1.82, 2.24) is 20.0 Å². The molecule has 7 heteroatoms. The standard InChI is InChI=1S/C20H37N5O.HI/c1-17(18(26)24-10-6-7-11-24)23-12-14-25(15-13-23)19(21-3)22-16-20(2)8-4-5-9-20;/h17H,4-16H2,1-3H3,(H,21,22);1H. The van der Waals surface area contributed by atoms with Crippen LogP contribution in [0.1, 0.15) is 52.4 Å². The molecule has 3 aliphatic rings. The lowest BCUT2D eigenvalue weighted by atomic mass is 9.89. The van der Waals surface area contributed by atoms with Gasteiger partial charge in [0, 0.05) is 52.9 Å². The summed E-state index contributed by atoms with van der Waals surface area (Å²) in [6.45, 7) is 11.1. The van der Waals surface area contributed by atoms with Gasteiger partial charge in [-0.05, 0) is 38.0 Å². The third-order valence-electron chi connectivity index (χ3n) is 6.63. The van der Waals surface area contributed by atoms with Crippen molar-refractivity contribution in [3.63, 3.8) is 0 Å². The fourth-order valence-electron chi connectivity index (χ4n) is 4.71. The van der Waals surface area contributed by atoms with Crippen LogP contribution in [0.25, 0.3) is 0 Å². The highest BCUT2D eigenvalue weighted by molar-refractivity contribution is 14.0. The van der Waals surface area contributed by atoms with Crippen LogP contribution in [-0.2, 0) is 4.79 Å². The number of carbonyl (C=O) groups is 1. The summed E-state index contributed by atoms with van der Waals surface area (Å²) in [4.78, 5) is 23.9. The molecule has 1 unspecified atom stereocenters. The lowest BCUT2D eigenvalue weighted by Crippen LogP contribution is -2.57. The Morgan fingerprint density at radius 3 is 2.15 bits per heavy atom. The van der Waals surface area contributed by atoms with Crippen LogP contribution in [0.15, 0.2) is 4.99 Å². The third kappa shape index (κ3) is 5.71. The lowest BCUT2D eigenvalue weighted by molar-refractivity contribution is -0.135. The van der Waals surface area contributed by atoms with E-state index in [0.29, 0.717) is 11.3 Å². The van der Waals surface area contributed by atoms with Crippen LogP contribution in [-0.4, -0.2) is 85.5 Å². The highest BCUT2D eigenvalue weighted by Gasteiger charge is 2.32. The van der Waals surface area contributed by atoms with E-state index in [4.69, 9.17) is 0 Å². The maximum Gasteiger partial charge on any atom is 0.239 e. The van der Waals surface area contributed by atoms with Crippen molar-refractivity contribution in [2.45, 2.75) is 58.4 Å². The maximum absolute atomic E-state index is 12.6. The van der Waals surface area contributed by atoms with Crippen molar-refractivity contribution in [3.05, 3.63) is 0 Å². The van der Waals surface area contributed by atoms with Gasteiger partial charge in [0.25, 0.3) is 0 Å². The summed E-state index contributed by atoms with van der Waals surface area (Å²) >= 11 is 0. The molecule has 1 amide bonds. The van der Waals surface area contributed by atoms with E-state index in [1.165, 1.54) is 25.7 Å². The number of amides is 1. The Balaban J connectivity index is 0.00000261. The minimum absolute atomic E-state index is 0. The zero-order valence-corrected chi connectivity index (χ0v) is 19.7. The summed E-state index contributed by atoms with van der Waals surface area (Å²) in [7, 11) is 1.88. The van der Waals surface area contributed by atoms with Gasteiger partial charge in [0.05, 0.1) is 6.04 Å². The summed E-state index contributed by atoms with van der Waals surface area (Å²) in [5, 5.41) is 3.62. The molecule has 0 bridgehead atoms. The van der Waals surface area contributed by atoms with E-state index in [1.807, 2.05) is 11.9 Å². The topological polar surface area (TPSA) is 51.2 Å². The molecule has 1 saturated carbocycles. The van der Waals surface area contributed by atoms with Gasteiger partial charge in [-0.25, -0.2) is 0 Å². The van der Waals surface area contributed by atoms with Gasteiger partial charge in [-0.2, -0.15) is 0 Å². The molecule has 1 N–H and O–H groups in total. The van der Waals surface area contributed by atoms with Crippen LogP contribution in [0.3, 0.4) is 0 Å². The normalized spacial score (nSPS) is 24.6. The molecule has 0 aromatic carbocycles. The molecule has 1 aliphatic carbocycles. The largest absolute Gasteiger partial charge is 0.356 e. The number of rotatable bonds is 4. The van der Waals surface area contributed by atoms with Gasteiger partial charge in [-0.1, -0.05) is 19.8 Å². The molecule has 6 nitrogen and oxygen atoms in total. The van der Waals surface area contributed by atoms with E-state index in [0.717, 1.165) is 64.6 Å². The maximum atomic E-state index is 12.6. The van der Waals surface area contributed by atoms with Gasteiger partial charge in [0.2, 0.25) is 5.91 Å². The molecular formula is C20H38IN5O. The van der Waals surface area contributed by atoms with Crippen LogP contribution in [0, 0.1) is 5.41 Å². The molecule has 2 saturated heterocycles. The second-order valence-corrected chi connectivity index (χ2v) is 8.65. The summed E-state index contributed by atoms with van der Waals surface area (Å²) < 4.78 is 0. The van der Waals surface area contributed by atoms with Crippen LogP contribution in [0.2, 0.25) is 0 Å². The molecule has 3 rings (SSSR count). The van der Waals surface area contributed by atoms with Gasteiger partial charge in [0.15, 0.2) is 5.96 Å². The molecule has 1 atom stereocenters. The SMILES string of the molecule is CN=C(NCC1(C)CCCC1)N1CCN(C(C)C(=O)N2CCCC2)CC1.I. The van der Waals surface area contributed by atoms with Crippen molar-refractivity contribution in [1.29, 1.82) is 0 Å². The summed E-state index contributed by atoms with van der Waals surface area (Å²) in [5.74, 6) is 1.34. The molecule has 156 valence electrons. The van der Waals surface area contributed by atoms with E-state index in [-0.39, 0.29) is 30.0 Å². The summed E-state index contributed by atoms with van der Waals surface area (Å²) in [6.07, 6.45) is 7.68. The first-order valence-electron chi connectivity index (χ1n) is 10.5. The van der Waals surface area contributed by atoms with E-state index in [1.54, 1.807) is 0 Å². The van der Waals surface area contributed by atoms with Crippen molar-refractivity contribution >= 4 is 35.8 Å². The number of nitrogens with zero attached hydrogens (tertiary/aromatic N) is 4. The summed E-state index contributed by atoms with van der Waals surface area (Å²) in [5.41, 5.74) is 0.425. The average molecular weight is 491 g/mol. The van der Waals surface area contributed by atoms with Gasteiger partial charge in [-0.15, -0.1) is 24.0 Å². The van der Waals surface area contributed by atoms with Gasteiger partial charge >= 0.3 is 0 Å². The Labute approximate surface area is 182 Å². The molecule has 2 aliphatic heterocycles. The van der Waals surface area contributed by atoms with E-state index in [9.17, 15) is 4.79 Å². The van der Waals surface area contributed by atoms with E-state index in [2.05, 4.69) is 34.0 Å². The first-order valence-corrected chi connectivity index (χ1v) is 10.5. The van der Waals surface area contributed by atoms with Gasteiger partial charge in [-0.3, -0.25) is 14.7 Å². The second-order valence-electron chi connectivity index (χ2n) is 8.65. The number of hydrogen-bond donors (Lipinski definition) is 1. The van der Waals surface area contributed by atoms with Gasteiger partial charge in [0.1, 0.15) is 0 Å². The molecule has 0 aromatic rings. The molecule has 0 radical (unpaired) electrons. The first-order chi connectivity index (χ1) is 12.5. The fraction of sp³-hybridized carbons (Fsp3) is 0.900. The van der Waals surface area contributed by atoms with Crippen LogP contribution in [0.5, 0.6) is 0 Å². The predicted octanol–water partition coefficient (Wildman–Crippen LogP) is 2.39. The number of likely N-dealkylation sites (tertiary alicyclic amines) is 1. The minimum atomic E-state index is 0. The number of nitrogens with one attached hydrogen (secondary N) is 1. The van der Waals surface area contributed by atoms with Crippen molar-refractivity contribution < 1.29 is 4.79 Å². The highest BCUT2D eigenvalue weighted by Crippen LogP contribution is 2.36. The summed E-state index contributed by atoms with van der Waals surface area (Å²) in [6, 6.07) is 0.00243. The Morgan fingerprint density at radius 1 is 1.00 bits per heavy atom. The van der Waals surface area contributed by atoms with E-state index >= 15 is 0 Å². The second kappa shape index (κ2) is 10.3. The Kier molecular flexibility index (Phi) is 8.65. The van der Waals surface area contributed by atoms with E-state index < -0.39 is 0 Å². The van der Waals surface area contributed by atoms with Crippen LogP contribution < -0.4 is 5.32 Å². The predicted molar refractivity (Wildman–Crippen MR) is 122 cm³/mol. The highest BCUT2D eigenvalue weighted by atomic mass is 127. The zero-order valence-electron chi connectivity index (χ0n) is 17.4. The number of aliphatic imine (C=N–C) groups is 1. The van der Waals surface area contributed by atoms with Gasteiger partial charge < -0.3 is 15.1 Å². The lowest BCUT2D eigenvalue weighted by Gasteiger charge is -2.40. The van der Waals surface area contributed by atoms with Crippen LogP contribution in [0.4, 0.5) is 0 Å². The zero-order chi connectivity index (χ0) is 18.6. The Morgan fingerprint density at radius 2 is 1.59 bits per heavy atom. The Hall–Kier alpha value is -0.570. The molecule has 0 aromatic heterocycles. The molecule has 0 spiro atoms. The quantitative estimate of drug-likeness (QED) is 0.373. The number of guanidine groups is 1. The smallest absolute Gasteiger partial charge is 0.239 e. The molecule has 2 heterocycles. The van der Waals surface area contributed by atoms with Crippen molar-refractivity contribution in [3.8, 4) is 0 Å². The molecule has 3 fully saturated rings. The monoisotopic (exact) mass is 491 g/mol. The fourth-order valence-corrected chi connectivity index (χ4v) is 4.71. The Bertz CT molecular complexity index is 507. The van der Waals surface area contributed by atoms with Crippen molar-refractivity contribution in [2.75, 3.05) is 52.9 Å². The average Bonchev–Trinajstić information content (AvgIpc) is 3.34. The number of piperazine rings is 1. The number of carbonyl (C=O) groups excluding carboxylic acids is 1. The number of hydrogen-bond acceptors (Lipinski definition) is 3. The van der Waals surface area contributed by atoms with Crippen molar-refractivity contribution in [2.24, 2.45) is 10.4 Å². The molecule has 27 heavy (non-hydrogen) atoms. The number of halogens is 1. The first kappa shape index (κ1) is 22.7. The minimum Gasteiger partial charge on any atom is -0.356 e. The van der Waals surface area contributed by atoms with Crippen LogP contribution >= 0.6 is 24.0 Å². The third-order valence-corrected chi connectivity index (χ3v) is 6.63. The molecular weight excluding hydrogens is 453 g/mol.